The highest BCUT2D eigenvalue weighted by Crippen LogP contribution is 2.07. The molecule has 21 heavy (non-hydrogen) atoms. The molecule has 0 aliphatic heterocycles. The van der Waals surface area contributed by atoms with Crippen molar-refractivity contribution >= 4 is 11.7 Å². The molecule has 0 radical (unpaired) electrons. The molecule has 0 atom stereocenters. The van der Waals surface area contributed by atoms with Crippen molar-refractivity contribution in [2.24, 2.45) is 0 Å². The van der Waals surface area contributed by atoms with Gasteiger partial charge in [-0.05, 0) is 37.4 Å². The third-order valence-electron chi connectivity index (χ3n) is 3.39. The lowest BCUT2D eigenvalue weighted by atomic mass is 10.1. The average molecular weight is 294 g/mol. The van der Waals surface area contributed by atoms with Crippen LogP contribution < -0.4 is 5.32 Å². The SMILES string of the molecule is CCN(CC)CCNC(=O)CCC(=O)c1ccc(F)cc1. The van der Waals surface area contributed by atoms with Crippen LogP contribution in [0.3, 0.4) is 0 Å². The van der Waals surface area contributed by atoms with Gasteiger partial charge >= 0.3 is 0 Å². The van der Waals surface area contributed by atoms with Crippen LogP contribution in [0.5, 0.6) is 0 Å². The Balaban J connectivity index is 2.26. The van der Waals surface area contributed by atoms with Crippen LogP contribution >= 0.6 is 0 Å². The molecule has 1 N–H and O–H groups in total. The van der Waals surface area contributed by atoms with E-state index < -0.39 is 0 Å². The van der Waals surface area contributed by atoms with Crippen LogP contribution in [0, 0.1) is 5.82 Å². The highest BCUT2D eigenvalue weighted by atomic mass is 19.1. The predicted octanol–water partition coefficient (Wildman–Crippen LogP) is 2.25. The Hall–Kier alpha value is -1.75. The van der Waals surface area contributed by atoms with Gasteiger partial charge in [-0.2, -0.15) is 0 Å². The first-order valence-electron chi connectivity index (χ1n) is 7.34. The number of benzene rings is 1. The number of carbonyl (C=O) groups is 2. The first-order valence-corrected chi connectivity index (χ1v) is 7.34. The summed E-state index contributed by atoms with van der Waals surface area (Å²) in [6.07, 6.45) is 0.303. The Morgan fingerprint density at radius 3 is 2.29 bits per heavy atom. The Labute approximate surface area is 125 Å². The maximum atomic E-state index is 12.7. The monoisotopic (exact) mass is 294 g/mol. The largest absolute Gasteiger partial charge is 0.355 e. The minimum atomic E-state index is -0.374. The summed E-state index contributed by atoms with van der Waals surface area (Å²) in [6.45, 7) is 7.46. The van der Waals surface area contributed by atoms with E-state index in [4.69, 9.17) is 0 Å². The van der Waals surface area contributed by atoms with Gasteiger partial charge in [-0.25, -0.2) is 4.39 Å². The zero-order valence-electron chi connectivity index (χ0n) is 12.7. The van der Waals surface area contributed by atoms with Crippen molar-refractivity contribution in [2.75, 3.05) is 26.2 Å². The molecule has 1 amide bonds. The zero-order chi connectivity index (χ0) is 15.7. The highest BCUT2D eigenvalue weighted by Gasteiger charge is 2.09. The summed E-state index contributed by atoms with van der Waals surface area (Å²) >= 11 is 0. The number of hydrogen-bond donors (Lipinski definition) is 1. The molecule has 0 aliphatic rings. The third kappa shape index (κ3) is 6.49. The van der Waals surface area contributed by atoms with Crippen molar-refractivity contribution in [2.45, 2.75) is 26.7 Å². The van der Waals surface area contributed by atoms with E-state index in [1.165, 1.54) is 24.3 Å². The lowest BCUT2D eigenvalue weighted by Gasteiger charge is -2.17. The molecule has 0 bridgehead atoms. The molecule has 0 fully saturated rings. The molecule has 4 nitrogen and oxygen atoms in total. The molecular weight excluding hydrogens is 271 g/mol. The van der Waals surface area contributed by atoms with Crippen molar-refractivity contribution in [1.82, 2.24) is 10.2 Å². The molecule has 0 spiro atoms. The van der Waals surface area contributed by atoms with E-state index in [1.807, 2.05) is 0 Å². The minimum absolute atomic E-state index is 0.127. The normalized spacial score (nSPS) is 10.7. The lowest BCUT2D eigenvalue weighted by molar-refractivity contribution is -0.121. The van der Waals surface area contributed by atoms with E-state index in [9.17, 15) is 14.0 Å². The lowest BCUT2D eigenvalue weighted by Crippen LogP contribution is -2.34. The number of hydrogen-bond acceptors (Lipinski definition) is 3. The van der Waals surface area contributed by atoms with Crippen molar-refractivity contribution < 1.29 is 14.0 Å². The van der Waals surface area contributed by atoms with E-state index in [0.29, 0.717) is 12.1 Å². The first kappa shape index (κ1) is 17.3. The maximum absolute atomic E-state index is 12.7. The van der Waals surface area contributed by atoms with Crippen LogP contribution in [-0.4, -0.2) is 42.8 Å². The summed E-state index contributed by atoms with van der Waals surface area (Å²) in [5.74, 6) is -0.646. The summed E-state index contributed by atoms with van der Waals surface area (Å²) < 4.78 is 12.7. The minimum Gasteiger partial charge on any atom is -0.355 e. The van der Waals surface area contributed by atoms with Gasteiger partial charge in [0.1, 0.15) is 5.82 Å². The van der Waals surface area contributed by atoms with Gasteiger partial charge in [0.05, 0.1) is 0 Å². The van der Waals surface area contributed by atoms with Gasteiger partial charge in [0.25, 0.3) is 0 Å². The van der Waals surface area contributed by atoms with Crippen LogP contribution in [0.4, 0.5) is 4.39 Å². The third-order valence-corrected chi connectivity index (χ3v) is 3.39. The highest BCUT2D eigenvalue weighted by molar-refractivity contribution is 5.97. The van der Waals surface area contributed by atoms with Gasteiger partial charge in [-0.3, -0.25) is 9.59 Å². The molecule has 1 aromatic rings. The second kappa shape index (κ2) is 9.23. The number of Topliss-reactive ketones (excluding diaryl/α,β-unsaturated/α-hetero) is 1. The average Bonchev–Trinajstić information content (AvgIpc) is 2.50. The maximum Gasteiger partial charge on any atom is 0.220 e. The van der Waals surface area contributed by atoms with E-state index >= 15 is 0 Å². The molecule has 116 valence electrons. The zero-order valence-corrected chi connectivity index (χ0v) is 12.7. The van der Waals surface area contributed by atoms with Crippen molar-refractivity contribution in [1.29, 1.82) is 0 Å². The number of likely N-dealkylation sites (N-methyl/N-ethyl adjacent to an activating group) is 1. The molecule has 0 unspecified atom stereocenters. The van der Waals surface area contributed by atoms with Gasteiger partial charge in [0.15, 0.2) is 5.78 Å². The molecule has 0 saturated heterocycles. The predicted molar refractivity (Wildman–Crippen MR) is 80.8 cm³/mol. The van der Waals surface area contributed by atoms with Gasteiger partial charge in [-0.15, -0.1) is 0 Å². The summed E-state index contributed by atoms with van der Waals surface area (Å²) in [5, 5.41) is 2.80. The number of nitrogens with zero attached hydrogens (tertiary/aromatic N) is 1. The van der Waals surface area contributed by atoms with Crippen LogP contribution in [0.2, 0.25) is 0 Å². The molecule has 5 heteroatoms. The molecule has 1 rings (SSSR count). The van der Waals surface area contributed by atoms with Gasteiger partial charge < -0.3 is 10.2 Å². The number of carbonyl (C=O) groups excluding carboxylic acids is 2. The van der Waals surface area contributed by atoms with E-state index in [2.05, 4.69) is 24.1 Å². The second-order valence-corrected chi connectivity index (χ2v) is 4.81. The van der Waals surface area contributed by atoms with Crippen molar-refractivity contribution in [3.63, 3.8) is 0 Å². The van der Waals surface area contributed by atoms with Gasteiger partial charge in [-0.1, -0.05) is 13.8 Å². The quantitative estimate of drug-likeness (QED) is 0.711. The summed E-state index contributed by atoms with van der Waals surface area (Å²) in [7, 11) is 0. The molecule has 0 aromatic heterocycles. The van der Waals surface area contributed by atoms with Crippen molar-refractivity contribution in [3.05, 3.63) is 35.6 Å². The van der Waals surface area contributed by atoms with E-state index in [1.54, 1.807) is 0 Å². The molecule has 0 saturated carbocycles. The molecular formula is C16H23FN2O2. The van der Waals surface area contributed by atoms with Crippen LogP contribution in [0.25, 0.3) is 0 Å². The van der Waals surface area contributed by atoms with E-state index in [0.717, 1.165) is 19.6 Å². The summed E-state index contributed by atoms with van der Waals surface area (Å²) in [4.78, 5) is 25.7. The molecule has 1 aromatic carbocycles. The van der Waals surface area contributed by atoms with E-state index in [-0.39, 0.29) is 30.3 Å². The molecule has 0 heterocycles. The van der Waals surface area contributed by atoms with Crippen LogP contribution in [0.15, 0.2) is 24.3 Å². The van der Waals surface area contributed by atoms with Crippen LogP contribution in [-0.2, 0) is 4.79 Å². The number of amides is 1. The summed E-state index contributed by atoms with van der Waals surface area (Å²) in [6, 6.07) is 5.38. The smallest absolute Gasteiger partial charge is 0.220 e. The second-order valence-electron chi connectivity index (χ2n) is 4.81. The van der Waals surface area contributed by atoms with Crippen LogP contribution in [0.1, 0.15) is 37.0 Å². The Morgan fingerprint density at radius 2 is 1.71 bits per heavy atom. The molecule has 0 aliphatic carbocycles. The fourth-order valence-electron chi connectivity index (χ4n) is 1.99. The number of ketones is 1. The standard InChI is InChI=1S/C16H23FN2O2/c1-3-19(4-2)12-11-18-16(21)10-9-15(20)13-5-7-14(17)8-6-13/h5-8H,3-4,9-12H2,1-2H3,(H,18,21). The van der Waals surface area contributed by atoms with Crippen molar-refractivity contribution in [3.8, 4) is 0 Å². The first-order chi connectivity index (χ1) is 10.1. The summed E-state index contributed by atoms with van der Waals surface area (Å²) in [5.41, 5.74) is 0.437. The topological polar surface area (TPSA) is 49.4 Å². The fourth-order valence-corrected chi connectivity index (χ4v) is 1.99. The van der Waals surface area contributed by atoms with Gasteiger partial charge in [0, 0.05) is 31.5 Å². The Bertz CT molecular complexity index is 456. The number of nitrogens with one attached hydrogen (secondary N) is 1. The fraction of sp³-hybridized carbons (Fsp3) is 0.500. The number of rotatable bonds is 9. The van der Waals surface area contributed by atoms with Gasteiger partial charge in [0.2, 0.25) is 5.91 Å². The Kier molecular flexibility index (Phi) is 7.61. The number of halogens is 1. The Morgan fingerprint density at radius 1 is 1.10 bits per heavy atom.